The molecule has 104 valence electrons. The molecule has 0 aliphatic heterocycles. The summed E-state index contributed by atoms with van der Waals surface area (Å²) in [5.41, 5.74) is 1.48. The predicted molar refractivity (Wildman–Crippen MR) is 61.5 cm³/mol. The Labute approximate surface area is 108 Å². The maximum atomic E-state index is 11.8. The number of ether oxygens (including phenoxy) is 2. The topological polar surface area (TPSA) is 35.5 Å². The molecule has 0 heterocycles. The van der Waals surface area contributed by atoms with Crippen LogP contribution in [-0.2, 0) is 11.2 Å². The molecule has 0 bridgehead atoms. The first kappa shape index (κ1) is 13.9. The third-order valence-corrected chi connectivity index (χ3v) is 2.79. The minimum Gasteiger partial charge on any atom is -0.491 e. The summed E-state index contributed by atoms with van der Waals surface area (Å²) in [5.74, 6) is 0.632. The second kappa shape index (κ2) is 5.61. The van der Waals surface area contributed by atoms with Crippen molar-refractivity contribution in [1.29, 1.82) is 0 Å². The van der Waals surface area contributed by atoms with E-state index in [-0.39, 0.29) is 19.0 Å². The molecule has 0 N–H and O–H groups in total. The molecule has 3 nitrogen and oxygen atoms in total. The number of rotatable bonds is 5. The zero-order chi connectivity index (χ0) is 13.9. The van der Waals surface area contributed by atoms with Gasteiger partial charge in [-0.05, 0) is 12.5 Å². The fraction of sp³-hybridized carbons (Fsp3) is 0.462. The Kier molecular flexibility index (Phi) is 4.09. The molecular weight excluding hydrogens is 261 g/mol. The van der Waals surface area contributed by atoms with Gasteiger partial charge in [0.2, 0.25) is 0 Å². The second-order valence-electron chi connectivity index (χ2n) is 4.22. The summed E-state index contributed by atoms with van der Waals surface area (Å²) in [7, 11) is 0. The standard InChI is InChI=1S/C13H13F3O3/c14-13(15,16)8-18-6-7-19-12-3-1-2-9-10(12)4-5-11(9)17/h1-3H,4-8H2. The quantitative estimate of drug-likeness (QED) is 0.774. The Morgan fingerprint density at radius 2 is 1.95 bits per heavy atom. The van der Waals surface area contributed by atoms with Crippen LogP contribution in [0.25, 0.3) is 0 Å². The van der Waals surface area contributed by atoms with E-state index in [1.165, 1.54) is 0 Å². The van der Waals surface area contributed by atoms with Gasteiger partial charge in [-0.1, -0.05) is 12.1 Å². The van der Waals surface area contributed by atoms with Gasteiger partial charge in [0.25, 0.3) is 0 Å². The average Bonchev–Trinajstić information content (AvgIpc) is 2.70. The monoisotopic (exact) mass is 274 g/mol. The highest BCUT2D eigenvalue weighted by atomic mass is 19.4. The molecule has 0 radical (unpaired) electrons. The first-order valence-electron chi connectivity index (χ1n) is 5.90. The molecule has 1 aliphatic carbocycles. The van der Waals surface area contributed by atoms with E-state index in [9.17, 15) is 18.0 Å². The molecule has 1 aliphatic rings. The van der Waals surface area contributed by atoms with Gasteiger partial charge < -0.3 is 9.47 Å². The SMILES string of the molecule is O=C1CCc2c(OCCOCC(F)(F)F)cccc21. The lowest BCUT2D eigenvalue weighted by atomic mass is 10.1. The van der Waals surface area contributed by atoms with Crippen molar-refractivity contribution < 1.29 is 27.4 Å². The van der Waals surface area contributed by atoms with E-state index in [2.05, 4.69) is 4.74 Å². The Morgan fingerprint density at radius 1 is 1.16 bits per heavy atom. The van der Waals surface area contributed by atoms with E-state index in [0.29, 0.717) is 24.2 Å². The molecule has 1 aromatic rings. The summed E-state index contributed by atoms with van der Waals surface area (Å²) in [6.07, 6.45) is -3.24. The van der Waals surface area contributed by atoms with Crippen LogP contribution in [0.4, 0.5) is 13.2 Å². The lowest BCUT2D eigenvalue weighted by Gasteiger charge is -2.11. The van der Waals surface area contributed by atoms with Gasteiger partial charge in [0.15, 0.2) is 5.78 Å². The zero-order valence-electron chi connectivity index (χ0n) is 10.1. The van der Waals surface area contributed by atoms with Crippen molar-refractivity contribution >= 4 is 5.78 Å². The van der Waals surface area contributed by atoms with Gasteiger partial charge in [-0.25, -0.2) is 0 Å². The first-order valence-corrected chi connectivity index (χ1v) is 5.90. The third-order valence-electron chi connectivity index (χ3n) is 2.79. The normalized spacial score (nSPS) is 14.6. The maximum Gasteiger partial charge on any atom is 0.411 e. The lowest BCUT2D eigenvalue weighted by molar-refractivity contribution is -0.175. The molecular formula is C13H13F3O3. The van der Waals surface area contributed by atoms with Gasteiger partial charge in [-0.3, -0.25) is 4.79 Å². The number of hydrogen-bond acceptors (Lipinski definition) is 3. The Morgan fingerprint density at radius 3 is 2.68 bits per heavy atom. The van der Waals surface area contributed by atoms with Crippen molar-refractivity contribution in [3.63, 3.8) is 0 Å². The average molecular weight is 274 g/mol. The van der Waals surface area contributed by atoms with E-state index in [1.807, 2.05) is 0 Å². The number of alkyl halides is 3. The van der Waals surface area contributed by atoms with Crippen LogP contribution in [0.3, 0.4) is 0 Å². The molecule has 0 spiro atoms. The van der Waals surface area contributed by atoms with E-state index < -0.39 is 12.8 Å². The summed E-state index contributed by atoms with van der Waals surface area (Å²) >= 11 is 0. The number of carbonyl (C=O) groups excluding carboxylic acids is 1. The number of hydrogen-bond donors (Lipinski definition) is 0. The van der Waals surface area contributed by atoms with E-state index in [4.69, 9.17) is 4.74 Å². The fourth-order valence-corrected chi connectivity index (χ4v) is 1.99. The minimum absolute atomic E-state index is 0.0285. The van der Waals surface area contributed by atoms with Crippen molar-refractivity contribution in [3.8, 4) is 5.75 Å². The van der Waals surface area contributed by atoms with Gasteiger partial charge in [0.1, 0.15) is 19.0 Å². The molecule has 0 aromatic heterocycles. The molecule has 6 heteroatoms. The molecule has 1 aromatic carbocycles. The fourth-order valence-electron chi connectivity index (χ4n) is 1.99. The van der Waals surface area contributed by atoms with Gasteiger partial charge >= 0.3 is 6.18 Å². The molecule has 2 rings (SSSR count). The zero-order valence-corrected chi connectivity index (χ0v) is 10.1. The number of carbonyl (C=O) groups is 1. The van der Waals surface area contributed by atoms with Crippen LogP contribution in [0.1, 0.15) is 22.3 Å². The van der Waals surface area contributed by atoms with Crippen molar-refractivity contribution in [2.24, 2.45) is 0 Å². The van der Waals surface area contributed by atoms with Gasteiger partial charge in [-0.15, -0.1) is 0 Å². The third kappa shape index (κ3) is 3.70. The summed E-state index contributed by atoms with van der Waals surface area (Å²) in [4.78, 5) is 11.5. The van der Waals surface area contributed by atoms with Gasteiger partial charge in [0, 0.05) is 17.5 Å². The minimum atomic E-state index is -4.32. The largest absolute Gasteiger partial charge is 0.491 e. The van der Waals surface area contributed by atoms with Crippen LogP contribution < -0.4 is 4.74 Å². The highest BCUT2D eigenvalue weighted by Crippen LogP contribution is 2.30. The van der Waals surface area contributed by atoms with E-state index in [0.717, 1.165) is 5.56 Å². The van der Waals surface area contributed by atoms with Crippen LogP contribution in [0.15, 0.2) is 18.2 Å². The van der Waals surface area contributed by atoms with Crippen LogP contribution in [-0.4, -0.2) is 31.8 Å². The number of ketones is 1. The van der Waals surface area contributed by atoms with Crippen LogP contribution in [0.2, 0.25) is 0 Å². The summed E-state index contributed by atoms with van der Waals surface area (Å²) in [6.45, 7) is -1.39. The molecule has 0 unspecified atom stereocenters. The second-order valence-corrected chi connectivity index (χ2v) is 4.22. The number of benzene rings is 1. The smallest absolute Gasteiger partial charge is 0.411 e. The van der Waals surface area contributed by atoms with E-state index in [1.54, 1.807) is 18.2 Å². The van der Waals surface area contributed by atoms with Crippen molar-refractivity contribution in [3.05, 3.63) is 29.3 Å². The van der Waals surface area contributed by atoms with Crippen LogP contribution in [0, 0.1) is 0 Å². The Balaban J connectivity index is 1.83. The summed E-state index contributed by atoms with van der Waals surface area (Å²) < 4.78 is 45.3. The Hall–Kier alpha value is -1.56. The van der Waals surface area contributed by atoms with Crippen molar-refractivity contribution in [2.45, 2.75) is 19.0 Å². The van der Waals surface area contributed by atoms with E-state index >= 15 is 0 Å². The molecule has 0 atom stereocenters. The molecule has 0 fully saturated rings. The van der Waals surface area contributed by atoms with Crippen molar-refractivity contribution in [2.75, 3.05) is 19.8 Å². The van der Waals surface area contributed by atoms with Crippen molar-refractivity contribution in [1.82, 2.24) is 0 Å². The molecule has 0 amide bonds. The van der Waals surface area contributed by atoms with Gasteiger partial charge in [-0.2, -0.15) is 13.2 Å². The highest BCUT2D eigenvalue weighted by Gasteiger charge is 2.27. The molecule has 19 heavy (non-hydrogen) atoms. The Bertz CT molecular complexity index is 469. The molecule has 0 saturated carbocycles. The molecule has 0 saturated heterocycles. The number of halogens is 3. The lowest BCUT2D eigenvalue weighted by Crippen LogP contribution is -2.19. The van der Waals surface area contributed by atoms with Crippen LogP contribution in [0.5, 0.6) is 5.75 Å². The first-order chi connectivity index (χ1) is 8.97. The maximum absolute atomic E-state index is 11.8. The highest BCUT2D eigenvalue weighted by molar-refractivity contribution is 6.01. The number of Topliss-reactive ketones (excluding diaryl/α,β-unsaturated/α-hetero) is 1. The van der Waals surface area contributed by atoms with Gasteiger partial charge in [0.05, 0.1) is 6.61 Å². The number of fused-ring (bicyclic) bond motifs is 1. The summed E-state index contributed by atoms with van der Waals surface area (Å²) in [6, 6.07) is 5.15. The predicted octanol–water partition coefficient (Wildman–Crippen LogP) is 2.77. The summed E-state index contributed by atoms with van der Waals surface area (Å²) in [5, 5.41) is 0. The van der Waals surface area contributed by atoms with Crippen LogP contribution >= 0.6 is 0 Å².